The quantitative estimate of drug-likeness (QED) is 0.302. The number of nitrogens with zero attached hydrogens (tertiary/aromatic N) is 2. The highest BCUT2D eigenvalue weighted by Crippen LogP contribution is 2.30. The van der Waals surface area contributed by atoms with Crippen LogP contribution in [0.4, 0.5) is 5.69 Å². The molecule has 2 N–H and O–H groups in total. The van der Waals surface area contributed by atoms with Crippen molar-refractivity contribution in [1.82, 2.24) is 9.21 Å². The Morgan fingerprint density at radius 3 is 2.49 bits per heavy atom. The first-order valence-electron chi connectivity index (χ1n) is 15.3. The maximum absolute atomic E-state index is 14.3. The number of carbonyl (C=O) groups excluding carboxylic acids is 1. The van der Waals surface area contributed by atoms with Crippen LogP contribution in [0.5, 0.6) is 5.75 Å². The Bertz CT molecular complexity index is 1700. The second kappa shape index (κ2) is 16.1. The molecule has 1 aliphatic heterocycles. The summed E-state index contributed by atoms with van der Waals surface area (Å²) in [6, 6.07) is 12.8. The molecule has 1 amide bonds. The van der Waals surface area contributed by atoms with Gasteiger partial charge in [-0.05, 0) is 87.0 Å². The average Bonchev–Trinajstić information content (AvgIpc) is 3.59. The molecule has 0 bridgehead atoms. The van der Waals surface area contributed by atoms with Crippen LogP contribution in [0.3, 0.4) is 0 Å². The maximum Gasteiger partial charge on any atom is 0.261 e. The molecule has 0 spiro atoms. The zero-order valence-electron chi connectivity index (χ0n) is 26.8. The van der Waals surface area contributed by atoms with Gasteiger partial charge in [0.1, 0.15) is 9.96 Å². The fourth-order valence-electron chi connectivity index (χ4n) is 5.19. The fraction of sp³-hybridized carbons (Fsp3) is 0.469. The van der Waals surface area contributed by atoms with E-state index in [2.05, 4.69) is 4.72 Å². The van der Waals surface area contributed by atoms with Gasteiger partial charge in [-0.3, -0.25) is 9.52 Å². The maximum atomic E-state index is 14.3. The average molecular weight is 728 g/mol. The van der Waals surface area contributed by atoms with Crippen molar-refractivity contribution >= 4 is 54.6 Å². The molecule has 0 radical (unpaired) electrons. The minimum absolute atomic E-state index is 0.000335. The number of thiophene rings is 1. The first kappa shape index (κ1) is 37.1. The molecule has 4 atom stereocenters. The summed E-state index contributed by atoms with van der Waals surface area (Å²) in [4.78, 5) is 15.8. The number of sulfonamides is 2. The van der Waals surface area contributed by atoms with Crippen molar-refractivity contribution in [3.8, 4) is 5.75 Å². The van der Waals surface area contributed by atoms with Crippen molar-refractivity contribution < 1.29 is 36.2 Å². The van der Waals surface area contributed by atoms with Crippen LogP contribution < -0.4 is 9.46 Å². The smallest absolute Gasteiger partial charge is 0.261 e. The van der Waals surface area contributed by atoms with Crippen LogP contribution in [0.15, 0.2) is 69.1 Å². The molecule has 1 aromatic heterocycles. The first-order valence-corrected chi connectivity index (χ1v) is 19.5. The number of benzene rings is 2. The summed E-state index contributed by atoms with van der Waals surface area (Å²) in [5.41, 5.74) is 0.267. The Kier molecular flexibility index (Phi) is 12.7. The second-order valence-electron chi connectivity index (χ2n) is 11.8. The van der Waals surface area contributed by atoms with E-state index in [1.54, 1.807) is 30.5 Å². The van der Waals surface area contributed by atoms with Crippen molar-refractivity contribution in [2.75, 3.05) is 38.1 Å². The SMILES string of the molecule is C[C@@H]1CCCCO[C@@H](CN(C)S(=O)(=O)c2cccs2)[C@@H](C)CN([C@H](C)CO)C(=O)c2cc(NS(=O)(=O)c3ccc(Cl)cc3)ccc2O1. The van der Waals surface area contributed by atoms with Crippen LogP contribution in [-0.2, 0) is 24.8 Å². The van der Waals surface area contributed by atoms with E-state index in [-0.39, 0.29) is 57.8 Å². The molecular formula is C32H42ClN3O8S3. The van der Waals surface area contributed by atoms with Gasteiger partial charge >= 0.3 is 0 Å². The number of halogens is 1. The molecule has 2 heterocycles. The predicted molar refractivity (Wildman–Crippen MR) is 183 cm³/mol. The number of aliphatic hydroxyl groups is 1. The van der Waals surface area contributed by atoms with E-state index in [0.29, 0.717) is 24.5 Å². The Morgan fingerprint density at radius 2 is 1.83 bits per heavy atom. The van der Waals surface area contributed by atoms with Gasteiger partial charge in [-0.25, -0.2) is 16.8 Å². The van der Waals surface area contributed by atoms with E-state index in [9.17, 15) is 26.7 Å². The molecule has 11 nitrogen and oxygen atoms in total. The number of carbonyl (C=O) groups is 1. The predicted octanol–water partition coefficient (Wildman–Crippen LogP) is 5.32. The lowest BCUT2D eigenvalue weighted by Crippen LogP contribution is -2.48. The zero-order chi connectivity index (χ0) is 34.4. The zero-order valence-corrected chi connectivity index (χ0v) is 30.0. The van der Waals surface area contributed by atoms with Crippen molar-refractivity contribution in [2.45, 2.75) is 67.4 Å². The first-order chi connectivity index (χ1) is 22.2. The summed E-state index contributed by atoms with van der Waals surface area (Å²) in [7, 11) is -6.24. The summed E-state index contributed by atoms with van der Waals surface area (Å²) in [6.07, 6.45) is 1.30. The van der Waals surface area contributed by atoms with Crippen molar-refractivity contribution in [1.29, 1.82) is 0 Å². The van der Waals surface area contributed by atoms with Gasteiger partial charge in [0, 0.05) is 43.4 Å². The molecule has 4 rings (SSSR count). The van der Waals surface area contributed by atoms with E-state index in [4.69, 9.17) is 21.1 Å². The highest BCUT2D eigenvalue weighted by molar-refractivity contribution is 7.92. The van der Waals surface area contributed by atoms with E-state index in [0.717, 1.165) is 17.8 Å². The van der Waals surface area contributed by atoms with E-state index >= 15 is 0 Å². The van der Waals surface area contributed by atoms with Gasteiger partial charge in [-0.2, -0.15) is 4.31 Å². The lowest BCUT2D eigenvalue weighted by molar-refractivity contribution is -0.00832. The Hall–Kier alpha value is -2.72. The lowest BCUT2D eigenvalue weighted by Gasteiger charge is -2.35. The minimum Gasteiger partial charge on any atom is -0.490 e. The summed E-state index contributed by atoms with van der Waals surface area (Å²) >= 11 is 7.07. The van der Waals surface area contributed by atoms with Gasteiger partial charge < -0.3 is 19.5 Å². The second-order valence-corrected chi connectivity index (χ2v) is 17.1. The molecule has 0 saturated carbocycles. The minimum atomic E-state index is -4.01. The van der Waals surface area contributed by atoms with Gasteiger partial charge in [-0.1, -0.05) is 24.6 Å². The summed E-state index contributed by atoms with van der Waals surface area (Å²) < 4.78 is 69.3. The molecule has 47 heavy (non-hydrogen) atoms. The summed E-state index contributed by atoms with van der Waals surface area (Å²) in [5.74, 6) is -0.554. The summed E-state index contributed by atoms with van der Waals surface area (Å²) in [6.45, 7) is 5.70. The van der Waals surface area contributed by atoms with Crippen LogP contribution in [0.2, 0.25) is 5.02 Å². The lowest BCUT2D eigenvalue weighted by atomic mass is 10.0. The Morgan fingerprint density at radius 1 is 1.11 bits per heavy atom. The third kappa shape index (κ3) is 9.46. The number of rotatable bonds is 9. The van der Waals surface area contributed by atoms with Crippen LogP contribution in [0, 0.1) is 5.92 Å². The fourth-order valence-corrected chi connectivity index (χ4v) is 8.75. The number of nitrogens with one attached hydrogen (secondary N) is 1. The molecule has 0 unspecified atom stereocenters. The Balaban J connectivity index is 1.68. The molecule has 15 heteroatoms. The van der Waals surface area contributed by atoms with Gasteiger partial charge in [0.05, 0.1) is 35.3 Å². The number of hydrogen-bond acceptors (Lipinski definition) is 9. The normalized spacial score (nSPS) is 21.0. The van der Waals surface area contributed by atoms with Crippen molar-refractivity contribution in [2.24, 2.45) is 5.92 Å². The van der Waals surface area contributed by atoms with Gasteiger partial charge in [0.25, 0.3) is 26.0 Å². The largest absolute Gasteiger partial charge is 0.490 e. The number of amides is 1. The van der Waals surface area contributed by atoms with Gasteiger partial charge in [0.15, 0.2) is 0 Å². The van der Waals surface area contributed by atoms with Crippen molar-refractivity contribution in [3.05, 3.63) is 70.6 Å². The third-order valence-electron chi connectivity index (χ3n) is 8.02. The van der Waals surface area contributed by atoms with Crippen LogP contribution in [-0.4, -0.2) is 88.7 Å². The topological polar surface area (TPSA) is 143 Å². The van der Waals surface area contributed by atoms with E-state index in [1.165, 1.54) is 52.7 Å². The number of aliphatic hydroxyl groups excluding tert-OH is 1. The number of likely N-dealkylation sites (N-methyl/N-ethyl adjacent to an activating group) is 1. The number of ether oxygens (including phenoxy) is 2. The van der Waals surface area contributed by atoms with Gasteiger partial charge in [0.2, 0.25) is 0 Å². The Labute approximate surface area is 286 Å². The third-order valence-corrected chi connectivity index (χ3v) is 12.9. The molecule has 1 aliphatic rings. The molecular weight excluding hydrogens is 686 g/mol. The molecule has 0 aliphatic carbocycles. The number of fused-ring (bicyclic) bond motifs is 1. The van der Waals surface area contributed by atoms with Crippen LogP contribution >= 0.6 is 22.9 Å². The van der Waals surface area contributed by atoms with E-state index in [1.807, 2.05) is 13.8 Å². The summed E-state index contributed by atoms with van der Waals surface area (Å²) in [5, 5.41) is 12.3. The van der Waals surface area contributed by atoms with Gasteiger partial charge in [-0.15, -0.1) is 11.3 Å². The molecule has 2 aromatic carbocycles. The van der Waals surface area contributed by atoms with Crippen LogP contribution in [0.1, 0.15) is 50.4 Å². The molecule has 0 saturated heterocycles. The highest BCUT2D eigenvalue weighted by atomic mass is 35.5. The van der Waals surface area contributed by atoms with Crippen molar-refractivity contribution in [3.63, 3.8) is 0 Å². The number of hydrogen-bond donors (Lipinski definition) is 2. The molecule has 0 fully saturated rings. The monoisotopic (exact) mass is 727 g/mol. The van der Waals surface area contributed by atoms with Crippen LogP contribution in [0.25, 0.3) is 0 Å². The standard InChI is InChI=1S/C32H42ClN3O8S3/c1-22-19-36(23(2)21-37)32(38)28-18-26(34-46(39,40)27-13-10-25(33)11-14-27)12-15-29(28)44-24(3)8-5-6-16-43-30(22)20-35(4)47(41,42)31-9-7-17-45-31/h7,9-15,17-18,22-24,30,34,37H,5-6,8,16,19-21H2,1-4H3/t22-,23+,24+,30-/m0/s1. The molecule has 3 aromatic rings. The van der Waals surface area contributed by atoms with E-state index < -0.39 is 38.1 Å². The highest BCUT2D eigenvalue weighted by Gasteiger charge is 2.33. The number of anilines is 1. The molecule has 258 valence electrons.